The molecule has 4 rings (SSSR count). The zero-order valence-electron chi connectivity index (χ0n) is 20.3. The second kappa shape index (κ2) is 10.9. The molecule has 0 N–H and O–H groups in total. The molecule has 0 spiro atoms. The Morgan fingerprint density at radius 2 is 1.71 bits per heavy atom. The van der Waals surface area contributed by atoms with E-state index in [0.29, 0.717) is 18.7 Å². The number of rotatable bonds is 6. The van der Waals surface area contributed by atoms with Crippen LogP contribution < -0.4 is 9.64 Å². The van der Waals surface area contributed by atoms with Crippen molar-refractivity contribution in [3.63, 3.8) is 0 Å². The van der Waals surface area contributed by atoms with E-state index in [-0.39, 0.29) is 11.9 Å². The summed E-state index contributed by atoms with van der Waals surface area (Å²) in [5.74, 6) is 1.54. The molecule has 0 bridgehead atoms. The minimum atomic E-state index is -0.445. The van der Waals surface area contributed by atoms with E-state index in [2.05, 4.69) is 26.9 Å². The van der Waals surface area contributed by atoms with Gasteiger partial charge in [-0.2, -0.15) is 0 Å². The molecule has 0 atom stereocenters. The molecule has 7 nitrogen and oxygen atoms in total. The fourth-order valence-electron chi connectivity index (χ4n) is 5.25. The van der Waals surface area contributed by atoms with Gasteiger partial charge in [0.05, 0.1) is 24.7 Å². The lowest BCUT2D eigenvalue weighted by molar-refractivity contribution is -0.138. The van der Waals surface area contributed by atoms with E-state index >= 15 is 0 Å². The van der Waals surface area contributed by atoms with E-state index in [1.165, 1.54) is 6.42 Å². The number of nitrogens with zero attached hydrogens (tertiary/aromatic N) is 3. The number of benzene rings is 1. The summed E-state index contributed by atoms with van der Waals surface area (Å²) in [6, 6.07) is 11.7. The molecule has 1 saturated heterocycles. The standard InChI is InChI=1S/C27H35N3O4/c1-3-34-25(31)21-8-13-24(28-20-21)29-16-7-17-30(19-18-29)26(32)27(14-5-4-6-15-27)22-9-11-23(33-2)12-10-22/h8-13,20H,3-7,14-19H2,1-2H3. The maximum Gasteiger partial charge on any atom is 0.339 e. The Kier molecular flexibility index (Phi) is 7.70. The number of ether oxygens (including phenoxy) is 2. The van der Waals surface area contributed by atoms with Crippen molar-refractivity contribution in [3.8, 4) is 5.75 Å². The van der Waals surface area contributed by atoms with E-state index in [9.17, 15) is 9.59 Å². The van der Waals surface area contributed by atoms with Gasteiger partial charge in [0.1, 0.15) is 11.6 Å². The van der Waals surface area contributed by atoms with Gasteiger partial charge < -0.3 is 19.3 Å². The Morgan fingerprint density at radius 3 is 2.35 bits per heavy atom. The lowest BCUT2D eigenvalue weighted by atomic mass is 9.68. The summed E-state index contributed by atoms with van der Waals surface area (Å²) in [4.78, 5) is 34.7. The van der Waals surface area contributed by atoms with Crippen molar-refractivity contribution in [2.45, 2.75) is 50.9 Å². The van der Waals surface area contributed by atoms with Gasteiger partial charge in [0.15, 0.2) is 0 Å². The molecule has 34 heavy (non-hydrogen) atoms. The Balaban J connectivity index is 1.47. The lowest BCUT2D eigenvalue weighted by Gasteiger charge is -2.40. The lowest BCUT2D eigenvalue weighted by Crippen LogP contribution is -2.49. The third kappa shape index (κ3) is 5.03. The number of hydrogen-bond donors (Lipinski definition) is 0. The summed E-state index contributed by atoms with van der Waals surface area (Å²) in [7, 11) is 1.67. The second-order valence-electron chi connectivity index (χ2n) is 9.13. The zero-order chi connectivity index (χ0) is 24.0. The number of carbonyl (C=O) groups excluding carboxylic acids is 2. The summed E-state index contributed by atoms with van der Waals surface area (Å²) in [5, 5.41) is 0. The molecule has 1 aliphatic heterocycles. The van der Waals surface area contributed by atoms with Crippen LogP contribution in [0.1, 0.15) is 61.4 Å². The SMILES string of the molecule is CCOC(=O)c1ccc(N2CCCN(C(=O)C3(c4ccc(OC)cc4)CCCCC3)CC2)nc1. The van der Waals surface area contributed by atoms with Crippen LogP contribution in [0.4, 0.5) is 5.82 Å². The Morgan fingerprint density at radius 1 is 0.941 bits per heavy atom. The summed E-state index contributed by atoms with van der Waals surface area (Å²) in [6.45, 7) is 5.08. The summed E-state index contributed by atoms with van der Waals surface area (Å²) in [6.07, 6.45) is 7.59. The van der Waals surface area contributed by atoms with Gasteiger partial charge in [-0.1, -0.05) is 31.4 Å². The summed E-state index contributed by atoms with van der Waals surface area (Å²) < 4.78 is 10.4. The molecule has 2 fully saturated rings. The van der Waals surface area contributed by atoms with Gasteiger partial charge in [-0.15, -0.1) is 0 Å². The highest BCUT2D eigenvalue weighted by Crippen LogP contribution is 2.41. The average Bonchev–Trinajstić information content (AvgIpc) is 3.15. The van der Waals surface area contributed by atoms with Gasteiger partial charge in [0.25, 0.3) is 0 Å². The number of hydrogen-bond acceptors (Lipinski definition) is 6. The van der Waals surface area contributed by atoms with Crippen LogP contribution in [-0.4, -0.2) is 61.7 Å². The summed E-state index contributed by atoms with van der Waals surface area (Å²) >= 11 is 0. The maximum absolute atomic E-state index is 14.0. The first kappa shape index (κ1) is 24.0. The Labute approximate surface area is 202 Å². The van der Waals surface area contributed by atoms with Crippen molar-refractivity contribution in [1.29, 1.82) is 0 Å². The number of pyridine rings is 1. The third-order valence-electron chi connectivity index (χ3n) is 7.13. The van der Waals surface area contributed by atoms with Crippen molar-refractivity contribution in [2.75, 3.05) is 44.8 Å². The van der Waals surface area contributed by atoms with Crippen molar-refractivity contribution in [3.05, 3.63) is 53.7 Å². The van der Waals surface area contributed by atoms with Crippen LogP contribution >= 0.6 is 0 Å². The molecule has 7 heteroatoms. The maximum atomic E-state index is 14.0. The number of anilines is 1. The number of esters is 1. The minimum Gasteiger partial charge on any atom is -0.497 e. The molecule has 1 aromatic heterocycles. The van der Waals surface area contributed by atoms with Crippen LogP contribution in [0.5, 0.6) is 5.75 Å². The number of methoxy groups -OCH3 is 1. The molecule has 1 saturated carbocycles. The third-order valence-corrected chi connectivity index (χ3v) is 7.13. The van der Waals surface area contributed by atoms with E-state index in [1.807, 2.05) is 18.2 Å². The largest absolute Gasteiger partial charge is 0.497 e. The molecule has 2 heterocycles. The van der Waals surface area contributed by atoms with Crippen molar-refractivity contribution >= 4 is 17.7 Å². The highest BCUT2D eigenvalue weighted by molar-refractivity contribution is 5.89. The summed E-state index contributed by atoms with van der Waals surface area (Å²) in [5.41, 5.74) is 1.12. The van der Waals surface area contributed by atoms with Gasteiger partial charge in [-0.25, -0.2) is 9.78 Å². The fourth-order valence-corrected chi connectivity index (χ4v) is 5.25. The van der Waals surface area contributed by atoms with Gasteiger partial charge in [0, 0.05) is 32.4 Å². The van der Waals surface area contributed by atoms with Gasteiger partial charge in [-0.3, -0.25) is 4.79 Å². The van der Waals surface area contributed by atoms with E-state index < -0.39 is 5.41 Å². The topological polar surface area (TPSA) is 72.0 Å². The van der Waals surface area contributed by atoms with Crippen molar-refractivity contribution in [2.24, 2.45) is 0 Å². The van der Waals surface area contributed by atoms with Crippen LogP contribution in [0.2, 0.25) is 0 Å². The molecular weight excluding hydrogens is 430 g/mol. The van der Waals surface area contributed by atoms with Crippen LogP contribution in [0.25, 0.3) is 0 Å². The molecule has 2 aromatic rings. The average molecular weight is 466 g/mol. The Hall–Kier alpha value is -3.09. The van der Waals surface area contributed by atoms with Crippen LogP contribution in [0.3, 0.4) is 0 Å². The highest BCUT2D eigenvalue weighted by atomic mass is 16.5. The molecule has 182 valence electrons. The molecule has 0 unspecified atom stereocenters. The molecule has 1 aliphatic carbocycles. The van der Waals surface area contributed by atoms with Gasteiger partial charge in [-0.05, 0) is 56.0 Å². The van der Waals surface area contributed by atoms with Crippen LogP contribution in [0, 0.1) is 0 Å². The minimum absolute atomic E-state index is 0.254. The van der Waals surface area contributed by atoms with E-state index in [4.69, 9.17) is 9.47 Å². The molecule has 2 aliphatic rings. The molecular formula is C27H35N3O4. The predicted octanol–water partition coefficient (Wildman–Crippen LogP) is 4.21. The fraction of sp³-hybridized carbons (Fsp3) is 0.519. The Bertz CT molecular complexity index is 968. The number of aromatic nitrogens is 1. The quantitative estimate of drug-likeness (QED) is 0.595. The smallest absolute Gasteiger partial charge is 0.339 e. The zero-order valence-corrected chi connectivity index (χ0v) is 20.3. The van der Waals surface area contributed by atoms with Crippen LogP contribution in [0.15, 0.2) is 42.6 Å². The van der Waals surface area contributed by atoms with Crippen LogP contribution in [-0.2, 0) is 14.9 Å². The number of carbonyl (C=O) groups is 2. The molecule has 1 aromatic carbocycles. The predicted molar refractivity (Wildman–Crippen MR) is 131 cm³/mol. The normalized spacial score (nSPS) is 18.2. The van der Waals surface area contributed by atoms with Gasteiger partial charge in [0.2, 0.25) is 5.91 Å². The van der Waals surface area contributed by atoms with E-state index in [0.717, 1.165) is 68.9 Å². The first-order valence-corrected chi connectivity index (χ1v) is 12.4. The molecule has 1 amide bonds. The van der Waals surface area contributed by atoms with Crippen molar-refractivity contribution < 1.29 is 19.1 Å². The first-order chi connectivity index (χ1) is 16.6. The monoisotopic (exact) mass is 465 g/mol. The number of amides is 1. The highest BCUT2D eigenvalue weighted by Gasteiger charge is 2.43. The molecule has 0 radical (unpaired) electrons. The second-order valence-corrected chi connectivity index (χ2v) is 9.13. The first-order valence-electron chi connectivity index (χ1n) is 12.4. The van der Waals surface area contributed by atoms with Gasteiger partial charge >= 0.3 is 5.97 Å². The van der Waals surface area contributed by atoms with E-state index in [1.54, 1.807) is 26.3 Å². The van der Waals surface area contributed by atoms with Crippen molar-refractivity contribution in [1.82, 2.24) is 9.88 Å².